The van der Waals surface area contributed by atoms with Crippen LogP contribution in [0.25, 0.3) is 0 Å². The molecule has 2 fully saturated rings. The average molecular weight is 414 g/mol. The summed E-state index contributed by atoms with van der Waals surface area (Å²) in [7, 11) is 0. The van der Waals surface area contributed by atoms with Crippen molar-refractivity contribution >= 4 is 11.8 Å². The third kappa shape index (κ3) is 6.07. The highest BCUT2D eigenvalue weighted by Crippen LogP contribution is 2.24. The summed E-state index contributed by atoms with van der Waals surface area (Å²) in [4.78, 5) is 29.6. The lowest BCUT2D eigenvalue weighted by Crippen LogP contribution is -2.46. The molecule has 0 spiro atoms. The third-order valence-corrected chi connectivity index (χ3v) is 6.51. The minimum absolute atomic E-state index is 0.0149. The van der Waals surface area contributed by atoms with E-state index in [1.54, 1.807) is 0 Å². The molecule has 2 aliphatic rings. The maximum Gasteiger partial charge on any atom is 0.225 e. The number of hydrogen-bond donors (Lipinski definition) is 1. The smallest absolute Gasteiger partial charge is 0.225 e. The average Bonchev–Trinajstić information content (AvgIpc) is 2.71. The van der Waals surface area contributed by atoms with Crippen molar-refractivity contribution in [3.63, 3.8) is 0 Å². The first-order valence-corrected chi connectivity index (χ1v) is 11.7. The number of amides is 2. The van der Waals surface area contributed by atoms with Crippen LogP contribution in [0.5, 0.6) is 0 Å². The summed E-state index contributed by atoms with van der Waals surface area (Å²) in [6.45, 7) is 13.6. The van der Waals surface area contributed by atoms with Gasteiger partial charge in [0.15, 0.2) is 0 Å². The predicted octanol–water partition coefficient (Wildman–Crippen LogP) is 3.68. The third-order valence-electron chi connectivity index (χ3n) is 6.51. The zero-order valence-corrected chi connectivity index (χ0v) is 19.2. The molecule has 0 aromatic heterocycles. The zero-order chi connectivity index (χ0) is 21.7. The van der Waals surface area contributed by atoms with E-state index in [9.17, 15) is 9.59 Å². The number of benzene rings is 1. The predicted molar refractivity (Wildman–Crippen MR) is 121 cm³/mol. The Labute approximate surface area is 182 Å². The fourth-order valence-corrected chi connectivity index (χ4v) is 5.13. The molecule has 5 heteroatoms. The first-order valence-electron chi connectivity index (χ1n) is 11.7. The standard InChI is InChI=1S/C25H39N3O2/c1-18(2)25(30)28-11-7-10-23(17-28)24(29)26-13-21-8-5-6-9-22(21)16-27-14-19(3)12-20(4)15-27/h5-6,8-9,18-20,23H,7,10-17H2,1-4H3,(H,26,29). The highest BCUT2D eigenvalue weighted by atomic mass is 16.2. The van der Waals surface area contributed by atoms with E-state index in [1.165, 1.54) is 17.5 Å². The van der Waals surface area contributed by atoms with Gasteiger partial charge in [-0.1, -0.05) is 52.0 Å². The van der Waals surface area contributed by atoms with Crippen LogP contribution in [0.3, 0.4) is 0 Å². The second-order valence-electron chi connectivity index (χ2n) is 9.90. The highest BCUT2D eigenvalue weighted by Gasteiger charge is 2.29. The lowest BCUT2D eigenvalue weighted by Gasteiger charge is -2.35. The molecule has 30 heavy (non-hydrogen) atoms. The van der Waals surface area contributed by atoms with Crippen LogP contribution in [0.1, 0.15) is 58.1 Å². The molecule has 0 radical (unpaired) electrons. The molecule has 166 valence electrons. The highest BCUT2D eigenvalue weighted by molar-refractivity contribution is 5.82. The van der Waals surface area contributed by atoms with E-state index in [2.05, 4.69) is 48.3 Å². The number of carbonyl (C=O) groups excluding carboxylic acids is 2. The van der Waals surface area contributed by atoms with Gasteiger partial charge >= 0.3 is 0 Å². The Morgan fingerprint density at radius 3 is 2.40 bits per heavy atom. The normalized spacial score (nSPS) is 25.4. The Kier molecular flexibility index (Phi) is 7.93. The van der Waals surface area contributed by atoms with Crippen LogP contribution in [0.2, 0.25) is 0 Å². The Balaban J connectivity index is 1.57. The van der Waals surface area contributed by atoms with Crippen molar-refractivity contribution in [1.29, 1.82) is 0 Å². The second kappa shape index (κ2) is 10.4. The Bertz CT molecular complexity index is 723. The van der Waals surface area contributed by atoms with Crippen LogP contribution in [0, 0.1) is 23.7 Å². The molecule has 5 nitrogen and oxygen atoms in total. The molecular formula is C25H39N3O2. The van der Waals surface area contributed by atoms with Crippen molar-refractivity contribution < 1.29 is 9.59 Å². The summed E-state index contributed by atoms with van der Waals surface area (Å²) in [5.41, 5.74) is 2.50. The fourth-order valence-electron chi connectivity index (χ4n) is 5.13. The summed E-state index contributed by atoms with van der Waals surface area (Å²) in [6.07, 6.45) is 3.07. The zero-order valence-electron chi connectivity index (χ0n) is 19.2. The minimum atomic E-state index is -0.0996. The van der Waals surface area contributed by atoms with Gasteiger partial charge in [0.2, 0.25) is 11.8 Å². The molecule has 2 saturated heterocycles. The number of hydrogen-bond acceptors (Lipinski definition) is 3. The molecule has 3 unspecified atom stereocenters. The van der Waals surface area contributed by atoms with Crippen molar-refractivity contribution in [1.82, 2.24) is 15.1 Å². The molecule has 0 saturated carbocycles. The topological polar surface area (TPSA) is 52.7 Å². The number of carbonyl (C=O) groups is 2. The molecule has 1 aromatic rings. The molecule has 3 atom stereocenters. The van der Waals surface area contributed by atoms with E-state index in [4.69, 9.17) is 0 Å². The van der Waals surface area contributed by atoms with Crippen LogP contribution in [0.4, 0.5) is 0 Å². The lowest BCUT2D eigenvalue weighted by molar-refractivity contribution is -0.138. The van der Waals surface area contributed by atoms with Crippen molar-refractivity contribution in [2.24, 2.45) is 23.7 Å². The van der Waals surface area contributed by atoms with Crippen molar-refractivity contribution in [2.45, 2.75) is 60.0 Å². The lowest BCUT2D eigenvalue weighted by atomic mass is 9.91. The van der Waals surface area contributed by atoms with Gasteiger partial charge in [0.05, 0.1) is 5.92 Å². The Morgan fingerprint density at radius 2 is 1.73 bits per heavy atom. The van der Waals surface area contributed by atoms with E-state index in [-0.39, 0.29) is 23.7 Å². The van der Waals surface area contributed by atoms with E-state index in [0.29, 0.717) is 13.1 Å². The molecule has 1 N–H and O–H groups in total. The van der Waals surface area contributed by atoms with Gasteiger partial charge in [-0.2, -0.15) is 0 Å². The van der Waals surface area contributed by atoms with Crippen LogP contribution in [-0.2, 0) is 22.7 Å². The van der Waals surface area contributed by atoms with Crippen LogP contribution < -0.4 is 5.32 Å². The van der Waals surface area contributed by atoms with Crippen molar-refractivity contribution in [2.75, 3.05) is 26.2 Å². The van der Waals surface area contributed by atoms with Crippen LogP contribution in [-0.4, -0.2) is 47.8 Å². The quantitative estimate of drug-likeness (QED) is 0.774. The van der Waals surface area contributed by atoms with Crippen molar-refractivity contribution in [3.8, 4) is 0 Å². The second-order valence-corrected chi connectivity index (χ2v) is 9.90. The van der Waals surface area contributed by atoms with Crippen LogP contribution >= 0.6 is 0 Å². The first-order chi connectivity index (χ1) is 14.3. The summed E-state index contributed by atoms with van der Waals surface area (Å²) in [5, 5.41) is 3.16. The van der Waals surface area contributed by atoms with E-state index in [1.807, 2.05) is 18.7 Å². The number of rotatable bonds is 6. The summed E-state index contributed by atoms with van der Waals surface area (Å²) < 4.78 is 0. The van der Waals surface area contributed by atoms with E-state index in [0.717, 1.165) is 50.9 Å². The molecule has 1 aromatic carbocycles. The fraction of sp³-hybridized carbons (Fsp3) is 0.680. The van der Waals surface area contributed by atoms with Gasteiger partial charge in [0, 0.05) is 45.2 Å². The van der Waals surface area contributed by atoms with Gasteiger partial charge in [0.1, 0.15) is 0 Å². The number of piperidine rings is 2. The van der Waals surface area contributed by atoms with Crippen molar-refractivity contribution in [3.05, 3.63) is 35.4 Å². The number of nitrogens with one attached hydrogen (secondary N) is 1. The molecule has 3 rings (SSSR count). The molecule has 2 aliphatic heterocycles. The Hall–Kier alpha value is -1.88. The molecular weight excluding hydrogens is 374 g/mol. The summed E-state index contributed by atoms with van der Waals surface area (Å²) >= 11 is 0. The first kappa shape index (κ1) is 22.8. The number of nitrogens with zero attached hydrogens (tertiary/aromatic N) is 2. The van der Waals surface area contributed by atoms with Gasteiger partial charge in [-0.3, -0.25) is 14.5 Å². The molecule has 2 heterocycles. The van der Waals surface area contributed by atoms with Gasteiger partial charge in [-0.15, -0.1) is 0 Å². The van der Waals surface area contributed by atoms with Gasteiger partial charge in [0.25, 0.3) is 0 Å². The maximum atomic E-state index is 12.8. The Morgan fingerprint density at radius 1 is 1.07 bits per heavy atom. The summed E-state index contributed by atoms with van der Waals surface area (Å²) in [6, 6.07) is 8.46. The van der Waals surface area contributed by atoms with Gasteiger partial charge in [-0.25, -0.2) is 0 Å². The SMILES string of the molecule is CC1CC(C)CN(Cc2ccccc2CNC(=O)C2CCCN(C(=O)C(C)C)C2)C1. The van der Waals surface area contributed by atoms with Gasteiger partial charge in [-0.05, 0) is 42.2 Å². The van der Waals surface area contributed by atoms with Gasteiger partial charge < -0.3 is 10.2 Å². The number of likely N-dealkylation sites (tertiary alicyclic amines) is 2. The molecule has 0 aliphatic carbocycles. The van der Waals surface area contributed by atoms with Crippen LogP contribution in [0.15, 0.2) is 24.3 Å². The summed E-state index contributed by atoms with van der Waals surface area (Å²) in [5.74, 6) is 1.59. The maximum absolute atomic E-state index is 12.8. The van der Waals surface area contributed by atoms with E-state index >= 15 is 0 Å². The molecule has 2 amide bonds. The monoisotopic (exact) mass is 413 g/mol. The van der Waals surface area contributed by atoms with E-state index < -0.39 is 0 Å². The largest absolute Gasteiger partial charge is 0.352 e. The molecule has 0 bridgehead atoms. The minimum Gasteiger partial charge on any atom is -0.352 e.